The fraction of sp³-hybridized carbons (Fsp3) is 0.371. The van der Waals surface area contributed by atoms with Gasteiger partial charge in [-0.1, -0.05) is 17.5 Å². The molecule has 1 atom stereocenters. The summed E-state index contributed by atoms with van der Waals surface area (Å²) >= 11 is 5.97. The Kier molecular flexibility index (Phi) is 15.7. The van der Waals surface area contributed by atoms with Gasteiger partial charge in [-0.15, -0.1) is 6.42 Å². The van der Waals surface area contributed by atoms with Gasteiger partial charge in [0.15, 0.2) is 33.3 Å². The number of Topliss-reactive ketones (excluding diaryl/α,β-unsaturated/α-hetero) is 3. The van der Waals surface area contributed by atoms with Crippen LogP contribution in [0.15, 0.2) is 46.4 Å². The summed E-state index contributed by atoms with van der Waals surface area (Å²) in [5.74, 6) is -3.95. The summed E-state index contributed by atoms with van der Waals surface area (Å²) in [6, 6.07) is 5.06. The summed E-state index contributed by atoms with van der Waals surface area (Å²) < 4.78 is 52.8. The van der Waals surface area contributed by atoms with Gasteiger partial charge in [-0.2, -0.15) is 0 Å². The first-order valence-electron chi connectivity index (χ1n) is 16.8. The van der Waals surface area contributed by atoms with Crippen LogP contribution in [0, 0.1) is 34.2 Å². The molecule has 57 heavy (non-hydrogen) atoms. The molecule has 4 N–H and O–H groups in total. The number of amides is 2. The summed E-state index contributed by atoms with van der Waals surface area (Å²) in [5.41, 5.74) is -0.358. The van der Waals surface area contributed by atoms with E-state index in [4.69, 9.17) is 37.7 Å². The van der Waals surface area contributed by atoms with Gasteiger partial charge in [-0.05, 0) is 57.2 Å². The number of nitrogens with zero attached hydrogens (tertiary/aromatic N) is 2. The molecule has 0 spiro atoms. The lowest BCUT2D eigenvalue weighted by atomic mass is 9.81. The highest BCUT2D eigenvalue weighted by Crippen LogP contribution is 2.40. The molecular formula is C35H36ClFN3O15PS. The number of rotatable bonds is 11. The highest BCUT2D eigenvalue weighted by molar-refractivity contribution is 7.90. The number of hydrogen-bond donors (Lipinski definition) is 4. The molecule has 0 saturated heterocycles. The third-order valence-corrected chi connectivity index (χ3v) is 10.4. The molecule has 0 radical (unpaired) electrons. The van der Waals surface area contributed by atoms with Gasteiger partial charge < -0.3 is 19.6 Å². The Hall–Kier alpha value is -5.16. The van der Waals surface area contributed by atoms with E-state index >= 15 is 0 Å². The van der Waals surface area contributed by atoms with Gasteiger partial charge in [-0.3, -0.25) is 48.8 Å². The third kappa shape index (κ3) is 12.2. The smallest absolute Gasteiger partial charge is 0.339 e. The molecule has 1 aliphatic heterocycles. The van der Waals surface area contributed by atoms with Crippen LogP contribution >= 0.6 is 19.2 Å². The standard InChI is InChI=1S/C18H15ClFNO3.C14H13NO7S.C3H8NO5P/c1-3-10(2)24-16-9-15(14(20)8-13(16)19)21-17(22)11-6-4-5-7-12(11)18(21)23;1-23(21,22)8-5-6-9(10(7-8)15(19)20)14(18)13-11(16)3-2-4-12(13)17;5-3(6)1-4-2-10(7,8)9/h1,8-10H,4-7H2,2H3;5-7,13H,2-4H2,1H3;4H,1-2H2,(H,5,6)(H2,7,8,9). The quantitative estimate of drug-likeness (QED) is 0.0478. The fourth-order valence-corrected chi connectivity index (χ4v) is 6.96. The number of nitro benzene ring substituents is 1. The Morgan fingerprint density at radius 3 is 2.11 bits per heavy atom. The van der Waals surface area contributed by atoms with Crippen LogP contribution in [0.4, 0.5) is 15.8 Å². The van der Waals surface area contributed by atoms with Crippen LogP contribution in [0.2, 0.25) is 5.02 Å². The van der Waals surface area contributed by atoms with E-state index in [1.165, 1.54) is 6.07 Å². The molecule has 18 nitrogen and oxygen atoms in total. The summed E-state index contributed by atoms with van der Waals surface area (Å²) in [6.45, 7) is 1.19. The van der Waals surface area contributed by atoms with E-state index in [-0.39, 0.29) is 34.2 Å². The third-order valence-electron chi connectivity index (χ3n) is 8.38. The van der Waals surface area contributed by atoms with E-state index in [1.54, 1.807) is 6.92 Å². The van der Waals surface area contributed by atoms with Crippen molar-refractivity contribution in [2.24, 2.45) is 5.92 Å². The second-order valence-electron chi connectivity index (χ2n) is 12.7. The van der Waals surface area contributed by atoms with Crippen LogP contribution in [0.3, 0.4) is 0 Å². The number of anilines is 1. The maximum atomic E-state index is 14.4. The van der Waals surface area contributed by atoms with Crippen molar-refractivity contribution in [1.29, 1.82) is 0 Å². The van der Waals surface area contributed by atoms with E-state index in [0.717, 1.165) is 48.3 Å². The number of benzene rings is 2. The Bertz CT molecular complexity index is 2210. The molecule has 3 aliphatic rings. The number of terminal acetylenes is 1. The van der Waals surface area contributed by atoms with Crippen LogP contribution in [0.5, 0.6) is 5.75 Å². The number of imide groups is 1. The number of nitrogens with one attached hydrogen (secondary N) is 1. The summed E-state index contributed by atoms with van der Waals surface area (Å²) in [4.78, 5) is 98.1. The first-order valence-corrected chi connectivity index (χ1v) is 20.8. The van der Waals surface area contributed by atoms with Crippen molar-refractivity contribution in [2.45, 2.75) is 62.9 Å². The van der Waals surface area contributed by atoms with Gasteiger partial charge in [0.05, 0.1) is 38.9 Å². The van der Waals surface area contributed by atoms with Crippen LogP contribution in [0.1, 0.15) is 62.2 Å². The van der Waals surface area contributed by atoms with Crippen molar-refractivity contribution in [2.75, 3.05) is 24.0 Å². The highest BCUT2D eigenvalue weighted by atomic mass is 35.5. The maximum absolute atomic E-state index is 14.4. The maximum Gasteiger partial charge on any atom is 0.339 e. The van der Waals surface area contributed by atoms with E-state index in [2.05, 4.69) is 11.2 Å². The summed E-state index contributed by atoms with van der Waals surface area (Å²) in [6.07, 6.45) is 8.24. The molecule has 1 heterocycles. The number of ketones is 3. The number of hydrogen-bond acceptors (Lipinski definition) is 13. The Labute approximate surface area is 329 Å². The van der Waals surface area contributed by atoms with Crippen LogP contribution < -0.4 is 15.0 Å². The van der Waals surface area contributed by atoms with Gasteiger partial charge in [0.1, 0.15) is 17.5 Å². The molecule has 2 amide bonds. The topological polar surface area (TPSA) is 282 Å². The van der Waals surface area contributed by atoms with E-state index < -0.39 is 99.4 Å². The van der Waals surface area contributed by atoms with Crippen molar-refractivity contribution in [3.05, 3.63) is 68.0 Å². The molecule has 2 aromatic carbocycles. The summed E-state index contributed by atoms with van der Waals surface area (Å²) in [7, 11) is -7.79. The Balaban J connectivity index is 0.000000249. The van der Waals surface area contributed by atoms with E-state index in [9.17, 15) is 56.3 Å². The molecule has 5 rings (SSSR count). The van der Waals surface area contributed by atoms with Crippen molar-refractivity contribution in [3.8, 4) is 18.1 Å². The van der Waals surface area contributed by atoms with Gasteiger partial charge in [0.25, 0.3) is 17.5 Å². The molecule has 1 fully saturated rings. The minimum absolute atomic E-state index is 0.0233. The second-order valence-corrected chi connectivity index (χ2v) is 16.8. The number of halogens is 2. The largest absolute Gasteiger partial charge is 0.480 e. The molecule has 0 aromatic heterocycles. The van der Waals surface area contributed by atoms with E-state index in [0.29, 0.717) is 30.4 Å². The number of carboxylic acid groups (broad SMARTS) is 1. The van der Waals surface area contributed by atoms with Crippen molar-refractivity contribution < 1.29 is 70.7 Å². The predicted molar refractivity (Wildman–Crippen MR) is 199 cm³/mol. The van der Waals surface area contributed by atoms with Gasteiger partial charge in [-0.25, -0.2) is 17.7 Å². The lowest BCUT2D eigenvalue weighted by Crippen LogP contribution is -2.35. The fourth-order valence-electron chi connectivity index (χ4n) is 5.73. The summed E-state index contributed by atoms with van der Waals surface area (Å²) in [5, 5.41) is 21.2. The van der Waals surface area contributed by atoms with Gasteiger partial charge in [0.2, 0.25) is 0 Å². The number of carbonyl (C=O) groups excluding carboxylic acids is 5. The number of nitro groups is 1. The molecule has 1 saturated carbocycles. The van der Waals surface area contributed by atoms with Gasteiger partial charge >= 0.3 is 13.6 Å². The lowest BCUT2D eigenvalue weighted by molar-refractivity contribution is -0.385. The Morgan fingerprint density at radius 2 is 1.63 bits per heavy atom. The monoisotopic (exact) mass is 855 g/mol. The molecule has 0 bridgehead atoms. The first kappa shape index (κ1) is 46.2. The minimum atomic E-state index is -4.10. The number of sulfone groups is 1. The lowest BCUT2D eigenvalue weighted by Gasteiger charge is -2.19. The predicted octanol–water partition coefficient (Wildman–Crippen LogP) is 3.54. The molecular weight excluding hydrogens is 820 g/mol. The molecule has 1 unspecified atom stereocenters. The zero-order valence-electron chi connectivity index (χ0n) is 30.2. The zero-order chi connectivity index (χ0) is 43.0. The average Bonchev–Trinajstić information content (AvgIpc) is 3.37. The van der Waals surface area contributed by atoms with Crippen LogP contribution in [0.25, 0.3) is 0 Å². The van der Waals surface area contributed by atoms with Crippen molar-refractivity contribution >= 4 is 75.5 Å². The highest BCUT2D eigenvalue weighted by Gasteiger charge is 2.42. The van der Waals surface area contributed by atoms with Crippen molar-refractivity contribution in [3.63, 3.8) is 0 Å². The zero-order valence-corrected chi connectivity index (χ0v) is 32.7. The SMILES string of the molecule is C#CC(C)Oc1cc(N2C(=O)C3=C(CCCC3)C2=O)c(F)cc1Cl.CS(=O)(=O)c1ccc(C(=O)C2C(=O)CCCC2=O)c([N+](=O)[O-])c1.O=C(O)CNCP(=O)(O)O. The normalized spacial score (nSPS) is 16.4. The van der Waals surface area contributed by atoms with Crippen molar-refractivity contribution in [1.82, 2.24) is 5.32 Å². The second kappa shape index (κ2) is 19.3. The Morgan fingerprint density at radius 1 is 1.07 bits per heavy atom. The minimum Gasteiger partial charge on any atom is -0.480 e. The van der Waals surface area contributed by atoms with Gasteiger partial charge in [0, 0.05) is 42.4 Å². The van der Waals surface area contributed by atoms with E-state index in [1.807, 2.05) is 0 Å². The number of carboxylic acids is 1. The molecule has 22 heteroatoms. The first-order chi connectivity index (χ1) is 26.5. The molecule has 2 aliphatic carbocycles. The van der Waals surface area contributed by atoms with Crippen LogP contribution in [-0.2, 0) is 38.4 Å². The number of aliphatic carboxylic acids is 1. The molecule has 306 valence electrons. The van der Waals surface area contributed by atoms with Crippen LogP contribution in [-0.4, -0.2) is 88.6 Å². The molecule has 2 aromatic rings. The number of ether oxygens (including phenoxy) is 1. The average molecular weight is 856 g/mol. The number of carbonyl (C=O) groups is 6.